The summed E-state index contributed by atoms with van der Waals surface area (Å²) in [4.78, 5) is 16.5. The number of tetrazole rings is 1. The SMILES string of the molecule is Cc1nnnn1CCC(=O)N[C@@H](c1ccncc1)c1ccc(Cl)cc1. The van der Waals surface area contributed by atoms with Crippen molar-refractivity contribution >= 4 is 17.5 Å². The highest BCUT2D eigenvalue weighted by molar-refractivity contribution is 6.30. The van der Waals surface area contributed by atoms with E-state index in [1.807, 2.05) is 36.4 Å². The molecule has 0 bridgehead atoms. The first-order chi connectivity index (χ1) is 12.1. The number of hydrogen-bond acceptors (Lipinski definition) is 5. The summed E-state index contributed by atoms with van der Waals surface area (Å²) in [6, 6.07) is 10.9. The largest absolute Gasteiger partial charge is 0.345 e. The number of nitrogens with one attached hydrogen (secondary N) is 1. The van der Waals surface area contributed by atoms with Gasteiger partial charge in [0.25, 0.3) is 0 Å². The molecular formula is C17H17ClN6O. The second-order valence-corrected chi connectivity index (χ2v) is 5.97. The Balaban J connectivity index is 1.74. The average molecular weight is 357 g/mol. The standard InChI is InChI=1S/C17H17ClN6O/c1-12-21-22-23-24(12)11-8-16(25)20-17(14-6-9-19-10-7-14)13-2-4-15(18)5-3-13/h2-7,9-10,17H,8,11H2,1H3,(H,20,25)/t17-/m1/s1. The molecule has 0 fully saturated rings. The highest BCUT2D eigenvalue weighted by Crippen LogP contribution is 2.23. The van der Waals surface area contributed by atoms with Crippen LogP contribution in [-0.4, -0.2) is 31.1 Å². The number of carbonyl (C=O) groups excluding carboxylic acids is 1. The van der Waals surface area contributed by atoms with Crippen molar-refractivity contribution in [2.75, 3.05) is 0 Å². The van der Waals surface area contributed by atoms with Crippen molar-refractivity contribution in [1.29, 1.82) is 0 Å². The van der Waals surface area contributed by atoms with Crippen molar-refractivity contribution in [3.05, 3.63) is 70.8 Å². The molecule has 8 heteroatoms. The van der Waals surface area contributed by atoms with Crippen molar-refractivity contribution in [3.63, 3.8) is 0 Å². The van der Waals surface area contributed by atoms with Gasteiger partial charge in [0.1, 0.15) is 5.82 Å². The molecule has 0 aliphatic heterocycles. The van der Waals surface area contributed by atoms with Crippen molar-refractivity contribution in [1.82, 2.24) is 30.5 Å². The maximum Gasteiger partial charge on any atom is 0.222 e. The maximum absolute atomic E-state index is 12.4. The summed E-state index contributed by atoms with van der Waals surface area (Å²) in [5.74, 6) is 0.586. The molecule has 0 aliphatic carbocycles. The number of pyridine rings is 1. The first-order valence-corrected chi connectivity index (χ1v) is 8.19. The highest BCUT2D eigenvalue weighted by atomic mass is 35.5. The van der Waals surface area contributed by atoms with Gasteiger partial charge in [0, 0.05) is 23.8 Å². The molecule has 0 radical (unpaired) electrons. The van der Waals surface area contributed by atoms with Crippen LogP contribution in [-0.2, 0) is 11.3 Å². The molecule has 2 aromatic heterocycles. The van der Waals surface area contributed by atoms with Crippen LogP contribution >= 0.6 is 11.6 Å². The van der Waals surface area contributed by atoms with E-state index < -0.39 is 0 Å². The molecule has 25 heavy (non-hydrogen) atoms. The zero-order valence-electron chi connectivity index (χ0n) is 13.6. The third-order valence-electron chi connectivity index (χ3n) is 3.81. The zero-order chi connectivity index (χ0) is 17.6. The number of aryl methyl sites for hydroxylation is 2. The third-order valence-corrected chi connectivity index (χ3v) is 4.06. The van der Waals surface area contributed by atoms with Crippen LogP contribution < -0.4 is 5.32 Å². The molecule has 3 rings (SSSR count). The number of benzene rings is 1. The van der Waals surface area contributed by atoms with E-state index in [2.05, 4.69) is 25.8 Å². The van der Waals surface area contributed by atoms with E-state index >= 15 is 0 Å². The van der Waals surface area contributed by atoms with Crippen LogP contribution in [0.5, 0.6) is 0 Å². The Hall–Kier alpha value is -2.80. The Kier molecular flexibility index (Phi) is 5.35. The lowest BCUT2D eigenvalue weighted by Gasteiger charge is -2.20. The lowest BCUT2D eigenvalue weighted by molar-refractivity contribution is -0.121. The summed E-state index contributed by atoms with van der Waals surface area (Å²) in [6.07, 6.45) is 3.69. The lowest BCUT2D eigenvalue weighted by Crippen LogP contribution is -2.30. The monoisotopic (exact) mass is 356 g/mol. The fourth-order valence-corrected chi connectivity index (χ4v) is 2.59. The summed E-state index contributed by atoms with van der Waals surface area (Å²) in [7, 11) is 0. The number of hydrogen-bond donors (Lipinski definition) is 1. The van der Waals surface area contributed by atoms with E-state index in [0.29, 0.717) is 17.4 Å². The van der Waals surface area contributed by atoms with Gasteiger partial charge in [-0.15, -0.1) is 5.10 Å². The van der Waals surface area contributed by atoms with Crippen LogP contribution in [0.4, 0.5) is 0 Å². The topological polar surface area (TPSA) is 85.6 Å². The van der Waals surface area contributed by atoms with Crippen LogP contribution in [0.25, 0.3) is 0 Å². The van der Waals surface area contributed by atoms with Gasteiger partial charge in [-0.1, -0.05) is 23.7 Å². The number of nitrogens with zero attached hydrogens (tertiary/aromatic N) is 5. The molecule has 128 valence electrons. The summed E-state index contributed by atoms with van der Waals surface area (Å²) >= 11 is 5.97. The number of amides is 1. The minimum Gasteiger partial charge on any atom is -0.345 e. The van der Waals surface area contributed by atoms with E-state index in [-0.39, 0.29) is 18.4 Å². The Morgan fingerprint density at radius 1 is 1.16 bits per heavy atom. The number of rotatable bonds is 6. The Labute approximate surface area is 150 Å². The smallest absolute Gasteiger partial charge is 0.222 e. The zero-order valence-corrected chi connectivity index (χ0v) is 14.4. The first-order valence-electron chi connectivity index (χ1n) is 7.81. The Bertz CT molecular complexity index is 834. The minimum atomic E-state index is -0.275. The van der Waals surface area contributed by atoms with Gasteiger partial charge < -0.3 is 5.32 Å². The van der Waals surface area contributed by atoms with Gasteiger partial charge in [0.15, 0.2) is 0 Å². The van der Waals surface area contributed by atoms with Crippen molar-refractivity contribution < 1.29 is 4.79 Å². The third kappa shape index (κ3) is 4.39. The molecule has 1 atom stereocenters. The lowest BCUT2D eigenvalue weighted by atomic mass is 9.99. The van der Waals surface area contributed by atoms with Gasteiger partial charge in [-0.05, 0) is 52.7 Å². The summed E-state index contributed by atoms with van der Waals surface area (Å²) in [5.41, 5.74) is 1.90. The Morgan fingerprint density at radius 3 is 2.48 bits per heavy atom. The van der Waals surface area contributed by atoms with Gasteiger partial charge >= 0.3 is 0 Å². The average Bonchev–Trinajstić information content (AvgIpc) is 3.04. The van der Waals surface area contributed by atoms with Crippen molar-refractivity contribution in [2.24, 2.45) is 0 Å². The fourth-order valence-electron chi connectivity index (χ4n) is 2.47. The quantitative estimate of drug-likeness (QED) is 0.732. The van der Waals surface area contributed by atoms with Gasteiger partial charge in [-0.3, -0.25) is 9.78 Å². The molecule has 0 spiro atoms. The number of halogens is 1. The van der Waals surface area contributed by atoms with Crippen LogP contribution in [0.2, 0.25) is 5.02 Å². The molecular weight excluding hydrogens is 340 g/mol. The van der Waals surface area contributed by atoms with Gasteiger partial charge in [-0.2, -0.15) is 0 Å². The fraction of sp³-hybridized carbons (Fsp3) is 0.235. The predicted molar refractivity (Wildman–Crippen MR) is 92.8 cm³/mol. The van der Waals surface area contributed by atoms with E-state index in [1.165, 1.54) is 0 Å². The number of carbonyl (C=O) groups is 1. The van der Waals surface area contributed by atoms with E-state index in [9.17, 15) is 4.79 Å². The van der Waals surface area contributed by atoms with Crippen molar-refractivity contribution in [3.8, 4) is 0 Å². The molecule has 3 aromatic rings. The molecule has 0 saturated carbocycles. The van der Waals surface area contributed by atoms with Crippen LogP contribution in [0.1, 0.15) is 29.4 Å². The van der Waals surface area contributed by atoms with Crippen LogP contribution in [0.15, 0.2) is 48.8 Å². The minimum absolute atomic E-state index is 0.0911. The molecule has 1 aromatic carbocycles. The first kappa shape index (κ1) is 17.0. The summed E-state index contributed by atoms with van der Waals surface area (Å²) in [6.45, 7) is 2.22. The van der Waals surface area contributed by atoms with E-state index in [0.717, 1.165) is 11.1 Å². The molecule has 7 nitrogen and oxygen atoms in total. The molecule has 0 aliphatic rings. The van der Waals surface area contributed by atoms with E-state index in [1.54, 1.807) is 24.0 Å². The summed E-state index contributed by atoms with van der Waals surface area (Å²) in [5, 5.41) is 14.9. The normalized spacial score (nSPS) is 11.9. The molecule has 0 unspecified atom stereocenters. The van der Waals surface area contributed by atoms with Crippen LogP contribution in [0.3, 0.4) is 0 Å². The second-order valence-electron chi connectivity index (χ2n) is 5.53. The van der Waals surface area contributed by atoms with Crippen molar-refractivity contribution in [2.45, 2.75) is 25.9 Å². The van der Waals surface area contributed by atoms with Gasteiger partial charge in [0.05, 0.1) is 12.6 Å². The van der Waals surface area contributed by atoms with E-state index in [4.69, 9.17) is 11.6 Å². The number of aromatic nitrogens is 5. The predicted octanol–water partition coefficient (Wildman–Crippen LogP) is 2.33. The summed E-state index contributed by atoms with van der Waals surface area (Å²) < 4.78 is 1.60. The van der Waals surface area contributed by atoms with Gasteiger partial charge in [-0.25, -0.2) is 4.68 Å². The van der Waals surface area contributed by atoms with Gasteiger partial charge in [0.2, 0.25) is 5.91 Å². The second kappa shape index (κ2) is 7.85. The van der Waals surface area contributed by atoms with Crippen LogP contribution in [0, 0.1) is 6.92 Å². The maximum atomic E-state index is 12.4. The Morgan fingerprint density at radius 2 is 1.84 bits per heavy atom. The molecule has 2 heterocycles. The molecule has 1 N–H and O–H groups in total. The molecule has 0 saturated heterocycles. The molecule has 1 amide bonds. The highest BCUT2D eigenvalue weighted by Gasteiger charge is 2.17.